The molecule has 5 heteroatoms. The molecule has 112 valence electrons. The molecule has 21 heavy (non-hydrogen) atoms. The summed E-state index contributed by atoms with van der Waals surface area (Å²) in [6.07, 6.45) is 1.04. The zero-order valence-electron chi connectivity index (χ0n) is 11.6. The van der Waals surface area contributed by atoms with E-state index >= 15 is 0 Å². The first-order valence-electron chi connectivity index (χ1n) is 6.73. The lowest BCUT2D eigenvalue weighted by Gasteiger charge is -2.12. The molecule has 1 N–H and O–H groups in total. The molecule has 0 aliphatic rings. The van der Waals surface area contributed by atoms with Crippen LogP contribution in [0.4, 0.5) is 4.39 Å². The van der Waals surface area contributed by atoms with Gasteiger partial charge in [0.15, 0.2) is 0 Å². The Hall–Kier alpha value is -0.740. The van der Waals surface area contributed by atoms with Gasteiger partial charge in [-0.25, -0.2) is 4.39 Å². The van der Waals surface area contributed by atoms with Crippen LogP contribution in [0, 0.1) is 5.82 Å². The van der Waals surface area contributed by atoms with Crippen molar-refractivity contribution in [1.82, 2.24) is 5.32 Å². The van der Waals surface area contributed by atoms with Crippen molar-refractivity contribution in [3.05, 3.63) is 57.8 Å². The Morgan fingerprint density at radius 2 is 2.00 bits per heavy atom. The first kappa shape index (κ1) is 16.6. The summed E-state index contributed by atoms with van der Waals surface area (Å²) in [6, 6.07) is 10.3. The van der Waals surface area contributed by atoms with Gasteiger partial charge in [-0.1, -0.05) is 54.0 Å². The second-order valence-electron chi connectivity index (χ2n) is 4.58. The number of hydrogen-bond donors (Lipinski definition) is 1. The van der Waals surface area contributed by atoms with Crippen LogP contribution >= 0.6 is 35.0 Å². The quantitative estimate of drug-likeness (QED) is 0.666. The van der Waals surface area contributed by atoms with Gasteiger partial charge in [-0.2, -0.15) is 0 Å². The molecule has 2 aromatic rings. The van der Waals surface area contributed by atoms with Gasteiger partial charge in [0.1, 0.15) is 5.82 Å². The van der Waals surface area contributed by atoms with Crippen LogP contribution in [0.1, 0.15) is 18.9 Å². The Morgan fingerprint density at radius 1 is 1.19 bits per heavy atom. The molecule has 0 aromatic heterocycles. The van der Waals surface area contributed by atoms with Crippen LogP contribution < -0.4 is 5.32 Å². The van der Waals surface area contributed by atoms with Gasteiger partial charge in [-0.3, -0.25) is 0 Å². The zero-order chi connectivity index (χ0) is 15.2. The minimum atomic E-state index is -0.244. The van der Waals surface area contributed by atoms with Crippen LogP contribution in [0.5, 0.6) is 0 Å². The van der Waals surface area contributed by atoms with E-state index in [4.69, 9.17) is 23.2 Å². The summed E-state index contributed by atoms with van der Waals surface area (Å²) in [4.78, 5) is 1.34. The maximum atomic E-state index is 14.2. The van der Waals surface area contributed by atoms with Gasteiger partial charge in [0.25, 0.3) is 0 Å². The number of benzene rings is 2. The van der Waals surface area contributed by atoms with Gasteiger partial charge in [-0.05, 0) is 42.8 Å². The van der Waals surface area contributed by atoms with Crippen LogP contribution in [-0.2, 0) is 6.54 Å². The first-order valence-corrected chi connectivity index (χ1v) is 8.30. The molecule has 2 aromatic carbocycles. The summed E-state index contributed by atoms with van der Waals surface area (Å²) in [5.74, 6) is -0.244. The van der Waals surface area contributed by atoms with E-state index < -0.39 is 0 Å². The predicted molar refractivity (Wildman–Crippen MR) is 89.0 cm³/mol. The van der Waals surface area contributed by atoms with Crippen molar-refractivity contribution in [1.29, 1.82) is 0 Å². The molecular formula is C16H16Cl2FNS. The van der Waals surface area contributed by atoms with Crippen LogP contribution in [0.3, 0.4) is 0 Å². The predicted octanol–water partition coefficient (Wildman–Crippen LogP) is 5.78. The number of halogens is 3. The molecule has 0 aliphatic heterocycles. The topological polar surface area (TPSA) is 12.0 Å². The van der Waals surface area contributed by atoms with Gasteiger partial charge in [0.05, 0.1) is 9.92 Å². The van der Waals surface area contributed by atoms with Crippen molar-refractivity contribution >= 4 is 35.0 Å². The first-order chi connectivity index (χ1) is 10.1. The average Bonchev–Trinajstić information content (AvgIpc) is 2.46. The Labute approximate surface area is 138 Å². The van der Waals surface area contributed by atoms with Crippen LogP contribution in [0.25, 0.3) is 0 Å². The fourth-order valence-electron chi connectivity index (χ4n) is 1.87. The molecule has 0 aliphatic carbocycles. The lowest BCUT2D eigenvalue weighted by Crippen LogP contribution is -2.14. The number of nitrogens with one attached hydrogen (secondary N) is 1. The minimum Gasteiger partial charge on any atom is -0.313 e. The van der Waals surface area contributed by atoms with Gasteiger partial charge in [0, 0.05) is 16.5 Å². The third kappa shape index (κ3) is 4.62. The SMILES string of the molecule is CCCNCc1cccc(F)c1Sc1cc(Cl)ccc1Cl. The summed E-state index contributed by atoms with van der Waals surface area (Å²) in [5, 5.41) is 4.45. The number of rotatable bonds is 6. The van der Waals surface area contributed by atoms with E-state index in [0.29, 0.717) is 21.5 Å². The normalized spacial score (nSPS) is 10.9. The summed E-state index contributed by atoms with van der Waals surface area (Å²) >= 11 is 13.5. The summed E-state index contributed by atoms with van der Waals surface area (Å²) < 4.78 is 14.2. The van der Waals surface area contributed by atoms with E-state index in [1.54, 1.807) is 24.3 Å². The monoisotopic (exact) mass is 343 g/mol. The molecule has 0 bridgehead atoms. The Bertz CT molecular complexity index is 619. The van der Waals surface area contributed by atoms with Crippen LogP contribution in [0.15, 0.2) is 46.2 Å². The molecule has 0 fully saturated rings. The Balaban J connectivity index is 2.27. The molecule has 0 saturated heterocycles. The van der Waals surface area contributed by atoms with Gasteiger partial charge >= 0.3 is 0 Å². The Kier molecular flexibility index (Phi) is 6.37. The van der Waals surface area contributed by atoms with Crippen molar-refractivity contribution < 1.29 is 4.39 Å². The summed E-state index contributed by atoms with van der Waals surface area (Å²) in [7, 11) is 0. The molecule has 0 unspecified atom stereocenters. The van der Waals surface area contributed by atoms with E-state index in [2.05, 4.69) is 12.2 Å². The molecule has 0 heterocycles. The second kappa shape index (κ2) is 8.04. The fourth-order valence-corrected chi connectivity index (χ4v) is 3.35. The maximum absolute atomic E-state index is 14.2. The molecule has 0 saturated carbocycles. The highest BCUT2D eigenvalue weighted by Crippen LogP contribution is 2.38. The number of hydrogen-bond acceptors (Lipinski definition) is 2. The van der Waals surface area contributed by atoms with Crippen molar-refractivity contribution in [2.45, 2.75) is 29.7 Å². The Morgan fingerprint density at radius 3 is 2.76 bits per heavy atom. The van der Waals surface area contributed by atoms with Crippen molar-refractivity contribution in [2.24, 2.45) is 0 Å². The molecule has 0 atom stereocenters. The van der Waals surface area contributed by atoms with Crippen molar-refractivity contribution in [2.75, 3.05) is 6.54 Å². The third-order valence-electron chi connectivity index (χ3n) is 2.90. The van der Waals surface area contributed by atoms with E-state index in [1.165, 1.54) is 17.8 Å². The van der Waals surface area contributed by atoms with Crippen molar-refractivity contribution in [3.63, 3.8) is 0 Å². The standard InChI is InChI=1S/C16H16Cl2FNS/c1-2-8-20-10-11-4-3-5-14(19)16(11)21-15-9-12(17)6-7-13(15)18/h3-7,9,20H,2,8,10H2,1H3. The second-order valence-corrected chi connectivity index (χ2v) is 6.48. The lowest BCUT2D eigenvalue weighted by molar-refractivity contribution is 0.589. The van der Waals surface area contributed by atoms with Gasteiger partial charge < -0.3 is 5.32 Å². The van der Waals surface area contributed by atoms with Crippen molar-refractivity contribution in [3.8, 4) is 0 Å². The average molecular weight is 344 g/mol. The maximum Gasteiger partial charge on any atom is 0.137 e. The lowest BCUT2D eigenvalue weighted by atomic mass is 10.2. The minimum absolute atomic E-state index is 0.244. The smallest absolute Gasteiger partial charge is 0.137 e. The van der Waals surface area contributed by atoms with E-state index in [0.717, 1.165) is 23.4 Å². The third-order valence-corrected chi connectivity index (χ3v) is 4.79. The highest BCUT2D eigenvalue weighted by molar-refractivity contribution is 7.99. The molecule has 0 amide bonds. The molecule has 0 spiro atoms. The zero-order valence-corrected chi connectivity index (χ0v) is 14.0. The van der Waals surface area contributed by atoms with Crippen LogP contribution in [-0.4, -0.2) is 6.54 Å². The molecular weight excluding hydrogens is 328 g/mol. The fraction of sp³-hybridized carbons (Fsp3) is 0.250. The van der Waals surface area contributed by atoms with E-state index in [-0.39, 0.29) is 5.82 Å². The molecule has 2 rings (SSSR count). The summed E-state index contributed by atoms with van der Waals surface area (Å²) in [6.45, 7) is 3.63. The molecule has 1 nitrogen and oxygen atoms in total. The van der Waals surface area contributed by atoms with E-state index in [9.17, 15) is 4.39 Å². The van der Waals surface area contributed by atoms with Gasteiger partial charge in [-0.15, -0.1) is 0 Å². The largest absolute Gasteiger partial charge is 0.313 e. The highest BCUT2D eigenvalue weighted by Gasteiger charge is 2.12. The van der Waals surface area contributed by atoms with Gasteiger partial charge in [0.2, 0.25) is 0 Å². The van der Waals surface area contributed by atoms with E-state index in [1.807, 2.05) is 6.07 Å². The molecule has 0 radical (unpaired) electrons. The summed E-state index contributed by atoms with van der Waals surface area (Å²) in [5.41, 5.74) is 0.921. The highest BCUT2D eigenvalue weighted by atomic mass is 35.5. The van der Waals surface area contributed by atoms with Crippen LogP contribution in [0.2, 0.25) is 10.0 Å².